The third kappa shape index (κ3) is 5.31. The molecule has 0 radical (unpaired) electrons. The summed E-state index contributed by atoms with van der Waals surface area (Å²) in [6.45, 7) is 3.37. The average molecular weight is 381 g/mol. The third-order valence-electron chi connectivity index (χ3n) is 5.03. The Labute approximate surface area is 165 Å². The maximum atomic E-state index is 13.1. The zero-order valence-electron chi connectivity index (χ0n) is 16.2. The van der Waals surface area contributed by atoms with Gasteiger partial charge in [0.25, 0.3) is 0 Å². The largest absolute Gasteiger partial charge is 0.450 e. The first-order valence-electron chi connectivity index (χ1n) is 9.84. The van der Waals surface area contributed by atoms with Gasteiger partial charge in [-0.2, -0.15) is 0 Å². The van der Waals surface area contributed by atoms with E-state index >= 15 is 0 Å². The Morgan fingerprint density at radius 3 is 2.50 bits per heavy atom. The fraction of sp³-hybridized carbons (Fsp3) is 0.409. The second-order valence-corrected chi connectivity index (χ2v) is 6.96. The quantitative estimate of drug-likeness (QED) is 0.834. The number of ether oxygens (including phenoxy) is 1. The number of pyridine rings is 1. The van der Waals surface area contributed by atoms with Gasteiger partial charge >= 0.3 is 6.09 Å². The number of hydrogen-bond donors (Lipinski definition) is 1. The summed E-state index contributed by atoms with van der Waals surface area (Å²) in [5.74, 6) is -0.286. The van der Waals surface area contributed by atoms with Gasteiger partial charge in [-0.15, -0.1) is 0 Å². The lowest BCUT2D eigenvalue weighted by Gasteiger charge is -2.32. The lowest BCUT2D eigenvalue weighted by atomic mass is 9.92. The number of amides is 2. The van der Waals surface area contributed by atoms with Gasteiger partial charge in [-0.25, -0.2) is 4.79 Å². The molecule has 0 saturated carbocycles. The summed E-state index contributed by atoms with van der Waals surface area (Å²) in [7, 11) is 0. The van der Waals surface area contributed by atoms with Gasteiger partial charge in [-0.05, 0) is 37.5 Å². The summed E-state index contributed by atoms with van der Waals surface area (Å²) in [5, 5.41) is 3.18. The normalized spacial score (nSPS) is 15.7. The van der Waals surface area contributed by atoms with E-state index in [1.165, 1.54) is 0 Å². The zero-order chi connectivity index (χ0) is 19.8. The van der Waals surface area contributed by atoms with Gasteiger partial charge in [-0.3, -0.25) is 9.78 Å². The molecule has 0 aliphatic carbocycles. The minimum atomic E-state index is -0.292. The molecule has 2 heterocycles. The highest BCUT2D eigenvalue weighted by Gasteiger charge is 2.28. The molecule has 0 bridgehead atoms. The van der Waals surface area contributed by atoms with Gasteiger partial charge in [0.15, 0.2) is 0 Å². The van der Waals surface area contributed by atoms with Crippen LogP contribution in [0.2, 0.25) is 0 Å². The van der Waals surface area contributed by atoms with Gasteiger partial charge in [-0.1, -0.05) is 36.4 Å². The first-order chi connectivity index (χ1) is 13.7. The molecule has 1 aromatic heterocycles. The van der Waals surface area contributed by atoms with Crippen molar-refractivity contribution in [3.63, 3.8) is 0 Å². The van der Waals surface area contributed by atoms with Crippen molar-refractivity contribution in [2.75, 3.05) is 19.7 Å². The summed E-state index contributed by atoms with van der Waals surface area (Å²) in [6, 6.07) is 15.6. The summed E-state index contributed by atoms with van der Waals surface area (Å²) in [5.41, 5.74) is 1.87. The number of hydrogen-bond acceptors (Lipinski definition) is 4. The highest BCUT2D eigenvalue weighted by Crippen LogP contribution is 2.22. The number of carbonyl (C=O) groups is 2. The minimum absolute atomic E-state index is 0.00596. The molecule has 1 atom stereocenters. The Morgan fingerprint density at radius 1 is 1.14 bits per heavy atom. The number of nitrogens with zero attached hydrogens (tertiary/aromatic N) is 2. The second kappa shape index (κ2) is 9.88. The van der Waals surface area contributed by atoms with Gasteiger partial charge in [0, 0.05) is 37.4 Å². The summed E-state index contributed by atoms with van der Waals surface area (Å²) in [4.78, 5) is 31.0. The molecule has 1 saturated heterocycles. The van der Waals surface area contributed by atoms with E-state index in [1.807, 2.05) is 48.5 Å². The van der Waals surface area contributed by atoms with Crippen molar-refractivity contribution in [1.29, 1.82) is 0 Å². The number of rotatable bonds is 6. The maximum Gasteiger partial charge on any atom is 0.409 e. The molecule has 1 unspecified atom stereocenters. The van der Waals surface area contributed by atoms with E-state index < -0.39 is 0 Å². The molecule has 1 aliphatic heterocycles. The molecular formula is C22H27N3O3. The predicted octanol–water partition coefficient (Wildman–Crippen LogP) is 3.15. The molecule has 1 fully saturated rings. The van der Waals surface area contributed by atoms with Crippen LogP contribution >= 0.6 is 0 Å². The fourth-order valence-electron chi connectivity index (χ4n) is 3.50. The first-order valence-corrected chi connectivity index (χ1v) is 9.84. The standard InChI is InChI=1S/C22H27N3O3/c1-2-28-22(27)25-14-11-18(12-15-25)24-21(26)20(17-8-4-3-5-9-17)16-19-10-6-7-13-23-19/h3-10,13,18,20H,2,11-12,14-16H2,1H3,(H,24,26). The van der Waals surface area contributed by atoms with Crippen LogP contribution in [0.15, 0.2) is 54.7 Å². The summed E-state index contributed by atoms with van der Waals surface area (Å²) < 4.78 is 5.05. The molecule has 6 heteroatoms. The number of aromatic nitrogens is 1. The first kappa shape index (κ1) is 19.9. The number of nitrogens with one attached hydrogen (secondary N) is 1. The molecule has 148 valence electrons. The Bertz CT molecular complexity index is 759. The number of likely N-dealkylation sites (tertiary alicyclic amines) is 1. The molecule has 28 heavy (non-hydrogen) atoms. The van der Waals surface area contributed by atoms with E-state index in [4.69, 9.17) is 4.74 Å². The monoisotopic (exact) mass is 381 g/mol. The van der Waals surface area contributed by atoms with E-state index in [9.17, 15) is 9.59 Å². The van der Waals surface area contributed by atoms with E-state index in [1.54, 1.807) is 18.0 Å². The highest BCUT2D eigenvalue weighted by atomic mass is 16.6. The van der Waals surface area contributed by atoms with Crippen LogP contribution in [0.3, 0.4) is 0 Å². The van der Waals surface area contributed by atoms with Crippen LogP contribution in [0.25, 0.3) is 0 Å². The van der Waals surface area contributed by atoms with E-state index in [0.29, 0.717) is 26.1 Å². The molecule has 1 N–H and O–H groups in total. The van der Waals surface area contributed by atoms with Crippen molar-refractivity contribution in [3.05, 3.63) is 66.0 Å². The van der Waals surface area contributed by atoms with Crippen LogP contribution in [0.4, 0.5) is 4.79 Å². The molecule has 2 amide bonds. The minimum Gasteiger partial charge on any atom is -0.450 e. The van der Waals surface area contributed by atoms with Crippen molar-refractivity contribution >= 4 is 12.0 Å². The van der Waals surface area contributed by atoms with Crippen molar-refractivity contribution < 1.29 is 14.3 Å². The SMILES string of the molecule is CCOC(=O)N1CCC(NC(=O)C(Cc2ccccn2)c2ccccc2)CC1. The van der Waals surface area contributed by atoms with Crippen molar-refractivity contribution in [2.45, 2.75) is 38.1 Å². The highest BCUT2D eigenvalue weighted by molar-refractivity contribution is 5.84. The average Bonchev–Trinajstić information content (AvgIpc) is 2.74. The van der Waals surface area contributed by atoms with Gasteiger partial charge < -0.3 is 15.0 Å². The van der Waals surface area contributed by atoms with Gasteiger partial charge in [0.2, 0.25) is 5.91 Å². The van der Waals surface area contributed by atoms with E-state index in [2.05, 4.69) is 10.3 Å². The number of piperidine rings is 1. The Balaban J connectivity index is 1.63. The van der Waals surface area contributed by atoms with Crippen LogP contribution in [-0.2, 0) is 16.0 Å². The lowest BCUT2D eigenvalue weighted by molar-refractivity contribution is -0.123. The Kier molecular flexibility index (Phi) is 7.00. The van der Waals surface area contributed by atoms with Crippen molar-refractivity contribution in [1.82, 2.24) is 15.2 Å². The molecule has 3 rings (SSSR count). The topological polar surface area (TPSA) is 71.5 Å². The molecule has 0 spiro atoms. The predicted molar refractivity (Wildman–Crippen MR) is 107 cm³/mol. The molecule has 1 aromatic carbocycles. The van der Waals surface area contributed by atoms with Crippen molar-refractivity contribution in [3.8, 4) is 0 Å². The van der Waals surface area contributed by atoms with Crippen LogP contribution < -0.4 is 5.32 Å². The number of benzene rings is 1. The molecule has 2 aromatic rings. The third-order valence-corrected chi connectivity index (χ3v) is 5.03. The number of carbonyl (C=O) groups excluding carboxylic acids is 2. The molecule has 1 aliphatic rings. The van der Waals surface area contributed by atoms with Gasteiger partial charge in [0.05, 0.1) is 12.5 Å². The van der Waals surface area contributed by atoms with Crippen LogP contribution in [0.5, 0.6) is 0 Å². The molecule has 6 nitrogen and oxygen atoms in total. The zero-order valence-corrected chi connectivity index (χ0v) is 16.2. The van der Waals surface area contributed by atoms with Crippen molar-refractivity contribution in [2.24, 2.45) is 0 Å². The van der Waals surface area contributed by atoms with E-state index in [-0.39, 0.29) is 24.0 Å². The van der Waals surface area contributed by atoms with Crippen LogP contribution in [-0.4, -0.2) is 47.6 Å². The summed E-state index contributed by atoms with van der Waals surface area (Å²) in [6.07, 6.45) is 3.49. The molecular weight excluding hydrogens is 354 g/mol. The van der Waals surface area contributed by atoms with Crippen LogP contribution in [0, 0.1) is 0 Å². The van der Waals surface area contributed by atoms with Gasteiger partial charge in [0.1, 0.15) is 0 Å². The summed E-state index contributed by atoms with van der Waals surface area (Å²) >= 11 is 0. The van der Waals surface area contributed by atoms with E-state index in [0.717, 1.165) is 24.1 Å². The van der Waals surface area contributed by atoms with Crippen LogP contribution in [0.1, 0.15) is 36.9 Å². The lowest BCUT2D eigenvalue weighted by Crippen LogP contribution is -2.47. The Hall–Kier alpha value is -2.89. The maximum absolute atomic E-state index is 13.1. The Morgan fingerprint density at radius 2 is 1.86 bits per heavy atom. The second-order valence-electron chi connectivity index (χ2n) is 6.96. The fourth-order valence-corrected chi connectivity index (χ4v) is 3.50. The smallest absolute Gasteiger partial charge is 0.409 e.